The minimum atomic E-state index is -4.22. The Morgan fingerprint density at radius 3 is 2.50 bits per heavy atom. The van der Waals surface area contributed by atoms with E-state index in [0.29, 0.717) is 17.9 Å². The number of halogens is 3. The van der Waals surface area contributed by atoms with Gasteiger partial charge in [0.15, 0.2) is 5.13 Å². The van der Waals surface area contributed by atoms with E-state index in [1.165, 1.54) is 24.4 Å². The van der Waals surface area contributed by atoms with Gasteiger partial charge in [0.05, 0.1) is 22.1 Å². The van der Waals surface area contributed by atoms with Crippen molar-refractivity contribution in [2.45, 2.75) is 4.90 Å². The number of anilines is 4. The van der Waals surface area contributed by atoms with Gasteiger partial charge >= 0.3 is 0 Å². The molecule has 0 atom stereocenters. The number of hydrogen-bond donors (Lipinski definition) is 2. The molecular formula is C20H22ClF2N5O2S2. The van der Waals surface area contributed by atoms with Gasteiger partial charge in [0.1, 0.15) is 16.5 Å². The highest BCUT2D eigenvalue weighted by atomic mass is 35.5. The monoisotopic (exact) mass is 501 g/mol. The molecule has 0 bridgehead atoms. The molecule has 0 radical (unpaired) electrons. The van der Waals surface area contributed by atoms with Crippen molar-refractivity contribution < 1.29 is 17.2 Å². The number of hydrogen-bond acceptors (Lipinski definition) is 7. The fourth-order valence-electron chi connectivity index (χ4n) is 2.82. The van der Waals surface area contributed by atoms with Gasteiger partial charge in [-0.3, -0.25) is 4.72 Å². The molecule has 0 aliphatic heterocycles. The first kappa shape index (κ1) is 24.2. The van der Waals surface area contributed by atoms with Crippen molar-refractivity contribution in [2.24, 2.45) is 0 Å². The summed E-state index contributed by atoms with van der Waals surface area (Å²) in [6, 6.07) is 6.16. The molecule has 3 aromatic rings. The zero-order chi connectivity index (χ0) is 23.5. The van der Waals surface area contributed by atoms with E-state index in [-0.39, 0.29) is 15.8 Å². The molecule has 0 aliphatic rings. The molecule has 0 spiro atoms. The molecular weight excluding hydrogens is 480 g/mol. The zero-order valence-electron chi connectivity index (χ0n) is 17.6. The van der Waals surface area contributed by atoms with E-state index >= 15 is 0 Å². The van der Waals surface area contributed by atoms with Gasteiger partial charge in [-0.25, -0.2) is 22.2 Å². The van der Waals surface area contributed by atoms with E-state index < -0.39 is 26.6 Å². The lowest BCUT2D eigenvalue weighted by Gasteiger charge is -2.25. The molecule has 2 N–H and O–H groups in total. The third-order valence-electron chi connectivity index (χ3n) is 4.49. The average Bonchev–Trinajstić information content (AvgIpc) is 3.22. The quantitative estimate of drug-likeness (QED) is 0.445. The lowest BCUT2D eigenvalue weighted by atomic mass is 10.2. The largest absolute Gasteiger partial charge is 0.372 e. The molecule has 0 fully saturated rings. The van der Waals surface area contributed by atoms with Gasteiger partial charge in [0.2, 0.25) is 0 Å². The number of aromatic nitrogens is 1. The van der Waals surface area contributed by atoms with E-state index in [0.717, 1.165) is 30.0 Å². The van der Waals surface area contributed by atoms with E-state index in [1.807, 2.05) is 30.9 Å². The van der Waals surface area contributed by atoms with Crippen molar-refractivity contribution in [1.82, 2.24) is 9.88 Å². The Hall–Kier alpha value is -2.47. The molecule has 0 saturated heterocycles. The summed E-state index contributed by atoms with van der Waals surface area (Å²) >= 11 is 7.34. The molecule has 2 aromatic carbocycles. The third kappa shape index (κ3) is 5.85. The maximum Gasteiger partial charge on any atom is 0.266 e. The van der Waals surface area contributed by atoms with E-state index in [4.69, 9.17) is 11.6 Å². The van der Waals surface area contributed by atoms with Crippen LogP contribution < -0.4 is 14.9 Å². The summed E-state index contributed by atoms with van der Waals surface area (Å²) < 4.78 is 56.0. The average molecular weight is 502 g/mol. The van der Waals surface area contributed by atoms with Crippen LogP contribution >= 0.6 is 22.9 Å². The van der Waals surface area contributed by atoms with Crippen LogP contribution in [-0.2, 0) is 10.0 Å². The molecule has 1 aromatic heterocycles. The lowest BCUT2D eigenvalue weighted by Crippen LogP contribution is -2.29. The first-order valence-electron chi connectivity index (χ1n) is 9.40. The Balaban J connectivity index is 1.90. The predicted octanol–water partition coefficient (Wildman–Crippen LogP) is 4.62. The van der Waals surface area contributed by atoms with Crippen molar-refractivity contribution in [3.63, 3.8) is 0 Å². The Bertz CT molecular complexity index is 1190. The minimum Gasteiger partial charge on any atom is -0.372 e. The van der Waals surface area contributed by atoms with Gasteiger partial charge in [-0.15, -0.1) is 11.3 Å². The standard InChI is InChI=1S/C20H22ClF2N5O2S2/c1-27(2)7-8-28(3)18-10-13(22)4-5-16(18)25-17-12-15(23)19(11-14(17)21)32(29,30)26-20-24-6-9-31-20/h4-6,9-12,25H,7-8H2,1-3H3,(H,24,26). The van der Waals surface area contributed by atoms with Crippen LogP contribution in [0.3, 0.4) is 0 Å². The third-order valence-corrected chi connectivity index (χ3v) is 6.97. The van der Waals surface area contributed by atoms with Crippen molar-refractivity contribution in [2.75, 3.05) is 49.2 Å². The Labute approximate surface area is 194 Å². The van der Waals surface area contributed by atoms with Crippen molar-refractivity contribution >= 4 is 55.2 Å². The number of benzene rings is 2. The first-order chi connectivity index (χ1) is 15.1. The molecule has 0 amide bonds. The maximum atomic E-state index is 14.8. The van der Waals surface area contributed by atoms with E-state index in [9.17, 15) is 17.2 Å². The highest BCUT2D eigenvalue weighted by molar-refractivity contribution is 7.93. The highest BCUT2D eigenvalue weighted by Crippen LogP contribution is 2.35. The SMILES string of the molecule is CN(C)CCN(C)c1cc(F)ccc1Nc1cc(F)c(S(=O)(=O)Nc2nccs2)cc1Cl. The number of sulfonamides is 1. The van der Waals surface area contributed by atoms with Crippen LogP contribution in [0.5, 0.6) is 0 Å². The molecule has 32 heavy (non-hydrogen) atoms. The molecule has 0 saturated carbocycles. The Morgan fingerprint density at radius 1 is 1.09 bits per heavy atom. The summed E-state index contributed by atoms with van der Waals surface area (Å²) in [6.07, 6.45) is 1.43. The summed E-state index contributed by atoms with van der Waals surface area (Å²) in [7, 11) is 1.45. The van der Waals surface area contributed by atoms with Gasteiger partial charge in [-0.2, -0.15) is 0 Å². The fourth-order valence-corrected chi connectivity index (χ4v) is 4.97. The number of nitrogens with zero attached hydrogens (tertiary/aromatic N) is 3. The van der Waals surface area contributed by atoms with Crippen molar-refractivity contribution in [3.05, 3.63) is 58.6 Å². The summed E-state index contributed by atoms with van der Waals surface area (Å²) in [4.78, 5) is 7.08. The maximum absolute atomic E-state index is 14.8. The van der Waals surface area contributed by atoms with Gasteiger partial charge < -0.3 is 15.1 Å². The van der Waals surface area contributed by atoms with Crippen LogP contribution in [0, 0.1) is 11.6 Å². The minimum absolute atomic E-state index is 0.0165. The smallest absolute Gasteiger partial charge is 0.266 e. The molecule has 172 valence electrons. The van der Waals surface area contributed by atoms with Crippen molar-refractivity contribution in [1.29, 1.82) is 0 Å². The van der Waals surface area contributed by atoms with Crippen LogP contribution in [0.1, 0.15) is 0 Å². The fraction of sp³-hybridized carbons (Fsp3) is 0.250. The number of rotatable bonds is 9. The van der Waals surface area contributed by atoms with Gasteiger partial charge in [-0.1, -0.05) is 11.6 Å². The van der Waals surface area contributed by atoms with Crippen molar-refractivity contribution in [3.8, 4) is 0 Å². The second-order valence-electron chi connectivity index (χ2n) is 7.22. The van der Waals surface area contributed by atoms with E-state index in [2.05, 4.69) is 15.0 Å². The topological polar surface area (TPSA) is 77.6 Å². The second-order valence-corrected chi connectivity index (χ2v) is 10.2. The molecule has 0 unspecified atom stereocenters. The summed E-state index contributed by atoms with van der Waals surface area (Å²) in [5.41, 5.74) is 1.18. The summed E-state index contributed by atoms with van der Waals surface area (Å²) in [5.74, 6) is -1.42. The molecule has 7 nitrogen and oxygen atoms in total. The molecule has 0 aliphatic carbocycles. The van der Waals surface area contributed by atoms with Crippen LogP contribution in [-0.4, -0.2) is 52.5 Å². The Morgan fingerprint density at radius 2 is 1.84 bits per heavy atom. The second kappa shape index (κ2) is 9.99. The van der Waals surface area contributed by atoms with E-state index in [1.54, 1.807) is 5.38 Å². The van der Waals surface area contributed by atoms with Crippen LogP contribution in [0.2, 0.25) is 5.02 Å². The van der Waals surface area contributed by atoms with Crippen LogP contribution in [0.15, 0.2) is 46.8 Å². The van der Waals surface area contributed by atoms with Crippen LogP contribution in [0.4, 0.5) is 31.0 Å². The highest BCUT2D eigenvalue weighted by Gasteiger charge is 2.23. The first-order valence-corrected chi connectivity index (χ1v) is 12.1. The van der Waals surface area contributed by atoms with Gasteiger partial charge in [-0.05, 0) is 38.4 Å². The predicted molar refractivity (Wildman–Crippen MR) is 126 cm³/mol. The molecule has 1 heterocycles. The molecule has 12 heteroatoms. The molecule has 3 rings (SSSR count). The summed E-state index contributed by atoms with van der Waals surface area (Å²) in [6.45, 7) is 1.35. The number of likely N-dealkylation sites (N-methyl/N-ethyl adjacent to an activating group) is 2. The van der Waals surface area contributed by atoms with Gasteiger partial charge in [0, 0.05) is 37.8 Å². The lowest BCUT2D eigenvalue weighted by molar-refractivity contribution is 0.416. The normalized spacial score (nSPS) is 11.6. The summed E-state index contributed by atoms with van der Waals surface area (Å²) in [5, 5.41) is 4.66. The van der Waals surface area contributed by atoms with Gasteiger partial charge in [0.25, 0.3) is 10.0 Å². The number of nitrogens with one attached hydrogen (secondary N) is 2. The zero-order valence-corrected chi connectivity index (χ0v) is 20.0. The Kier molecular flexibility index (Phi) is 7.55. The van der Waals surface area contributed by atoms with Crippen LogP contribution in [0.25, 0.3) is 0 Å². The number of thiazole rings is 1.